The molecule has 3 rings (SSSR count). The van der Waals surface area contributed by atoms with Gasteiger partial charge in [0.2, 0.25) is 0 Å². The van der Waals surface area contributed by atoms with Crippen LogP contribution in [0.5, 0.6) is 5.75 Å². The number of ether oxygens (including phenoxy) is 1. The fourth-order valence-corrected chi connectivity index (χ4v) is 3.38. The summed E-state index contributed by atoms with van der Waals surface area (Å²) >= 11 is 0. The lowest BCUT2D eigenvalue weighted by Crippen LogP contribution is -2.14. The number of anilines is 1. The summed E-state index contributed by atoms with van der Waals surface area (Å²) < 4.78 is 5.47. The van der Waals surface area contributed by atoms with Crippen LogP contribution in [0.4, 0.5) is 5.69 Å². The lowest BCUT2D eigenvalue weighted by atomic mass is 10.0. The highest BCUT2D eigenvalue weighted by Crippen LogP contribution is 2.24. The van der Waals surface area contributed by atoms with Crippen LogP contribution in [0.15, 0.2) is 60.8 Å². The Labute approximate surface area is 178 Å². The third-order valence-electron chi connectivity index (χ3n) is 4.97. The van der Waals surface area contributed by atoms with Crippen LogP contribution < -0.4 is 10.1 Å². The van der Waals surface area contributed by atoms with E-state index in [9.17, 15) is 4.79 Å². The molecule has 0 aliphatic carbocycles. The van der Waals surface area contributed by atoms with Crippen LogP contribution in [0, 0.1) is 6.92 Å². The maximum atomic E-state index is 12.8. The summed E-state index contributed by atoms with van der Waals surface area (Å²) in [4.78, 5) is 19.2. The highest BCUT2D eigenvalue weighted by molar-refractivity contribution is 6.04. The molecular formula is C25H29N3O2. The van der Waals surface area contributed by atoms with E-state index in [2.05, 4.69) is 29.3 Å². The molecule has 0 radical (unpaired) electrons. The van der Waals surface area contributed by atoms with Crippen molar-refractivity contribution in [2.24, 2.45) is 0 Å². The summed E-state index contributed by atoms with van der Waals surface area (Å²) in [7, 11) is 5.78. The number of benzene rings is 2. The molecule has 1 N–H and O–H groups in total. The minimum Gasteiger partial charge on any atom is -0.496 e. The number of hydrogen-bond donors (Lipinski definition) is 1. The van der Waals surface area contributed by atoms with E-state index in [4.69, 9.17) is 4.74 Å². The lowest BCUT2D eigenvalue weighted by molar-refractivity contribution is 0.102. The zero-order valence-corrected chi connectivity index (χ0v) is 18.1. The standard InChI is InChI=1S/C25H29N3O2/c1-18-16-20(13-14-26-18)19-7-10-23(11-8-19)27-25(29)22-9-12-24(30-4)21(17-22)6-5-15-28(2)3/h7-14,16-17H,5-6,15H2,1-4H3,(H,27,29). The Kier molecular flexibility index (Phi) is 7.20. The lowest BCUT2D eigenvalue weighted by Gasteiger charge is -2.13. The fourth-order valence-electron chi connectivity index (χ4n) is 3.38. The minimum absolute atomic E-state index is 0.126. The van der Waals surface area contributed by atoms with Gasteiger partial charge >= 0.3 is 0 Å². The largest absolute Gasteiger partial charge is 0.496 e. The van der Waals surface area contributed by atoms with Crippen molar-refractivity contribution in [3.63, 3.8) is 0 Å². The van der Waals surface area contributed by atoms with E-state index >= 15 is 0 Å². The summed E-state index contributed by atoms with van der Waals surface area (Å²) in [6, 6.07) is 17.5. The topological polar surface area (TPSA) is 54.5 Å². The minimum atomic E-state index is -0.126. The molecule has 0 aliphatic rings. The van der Waals surface area contributed by atoms with Gasteiger partial charge in [-0.15, -0.1) is 0 Å². The van der Waals surface area contributed by atoms with Gasteiger partial charge in [0.05, 0.1) is 7.11 Å². The number of nitrogens with zero attached hydrogens (tertiary/aromatic N) is 2. The molecular weight excluding hydrogens is 374 g/mol. The highest BCUT2D eigenvalue weighted by Gasteiger charge is 2.11. The smallest absolute Gasteiger partial charge is 0.255 e. The van der Waals surface area contributed by atoms with E-state index in [0.29, 0.717) is 5.56 Å². The molecule has 0 spiro atoms. The number of pyridine rings is 1. The number of rotatable bonds is 8. The molecule has 1 aromatic heterocycles. The highest BCUT2D eigenvalue weighted by atomic mass is 16.5. The van der Waals surface area contributed by atoms with E-state index in [1.807, 2.05) is 55.5 Å². The molecule has 0 aliphatic heterocycles. The number of carbonyl (C=O) groups is 1. The first-order chi connectivity index (χ1) is 14.5. The van der Waals surface area contributed by atoms with Gasteiger partial charge < -0.3 is 15.0 Å². The average Bonchev–Trinajstić information content (AvgIpc) is 2.74. The number of nitrogens with one attached hydrogen (secondary N) is 1. The van der Waals surface area contributed by atoms with Gasteiger partial charge in [-0.25, -0.2) is 0 Å². The van der Waals surface area contributed by atoms with Crippen molar-refractivity contribution in [2.75, 3.05) is 33.1 Å². The number of carbonyl (C=O) groups excluding carboxylic acids is 1. The third kappa shape index (κ3) is 5.67. The molecule has 1 amide bonds. The number of aromatic nitrogens is 1. The number of hydrogen-bond acceptors (Lipinski definition) is 4. The molecule has 5 heteroatoms. The number of amides is 1. The van der Waals surface area contributed by atoms with E-state index < -0.39 is 0 Å². The van der Waals surface area contributed by atoms with Crippen LogP contribution in [-0.4, -0.2) is 43.5 Å². The Bertz CT molecular complexity index is 998. The second-order valence-electron chi connectivity index (χ2n) is 7.65. The summed E-state index contributed by atoms with van der Waals surface area (Å²) in [5.74, 6) is 0.696. The molecule has 1 heterocycles. The van der Waals surface area contributed by atoms with Crippen LogP contribution in [-0.2, 0) is 6.42 Å². The quantitative estimate of drug-likeness (QED) is 0.586. The van der Waals surface area contributed by atoms with Crippen molar-refractivity contribution >= 4 is 11.6 Å². The monoisotopic (exact) mass is 403 g/mol. The van der Waals surface area contributed by atoms with Gasteiger partial charge in [-0.2, -0.15) is 0 Å². The Balaban J connectivity index is 1.70. The Hall–Kier alpha value is -3.18. The van der Waals surface area contributed by atoms with Crippen molar-refractivity contribution in [2.45, 2.75) is 19.8 Å². The summed E-state index contributed by atoms with van der Waals surface area (Å²) in [5.41, 5.74) is 5.62. The van der Waals surface area contributed by atoms with Crippen molar-refractivity contribution in [3.8, 4) is 16.9 Å². The first-order valence-corrected chi connectivity index (χ1v) is 10.1. The molecule has 0 bridgehead atoms. The molecule has 0 atom stereocenters. The average molecular weight is 404 g/mol. The summed E-state index contributed by atoms with van der Waals surface area (Å²) in [6.07, 6.45) is 3.67. The van der Waals surface area contributed by atoms with Gasteiger partial charge in [-0.3, -0.25) is 9.78 Å². The molecule has 0 saturated heterocycles. The Morgan fingerprint density at radius 1 is 1.03 bits per heavy atom. The van der Waals surface area contributed by atoms with E-state index in [1.54, 1.807) is 19.4 Å². The van der Waals surface area contributed by atoms with E-state index in [1.165, 1.54) is 0 Å². The van der Waals surface area contributed by atoms with Crippen LogP contribution in [0.25, 0.3) is 11.1 Å². The third-order valence-corrected chi connectivity index (χ3v) is 4.97. The predicted molar refractivity (Wildman–Crippen MR) is 122 cm³/mol. The molecule has 0 fully saturated rings. The first kappa shape index (κ1) is 21.5. The van der Waals surface area contributed by atoms with Crippen molar-refractivity contribution < 1.29 is 9.53 Å². The normalized spacial score (nSPS) is 10.8. The van der Waals surface area contributed by atoms with Crippen molar-refractivity contribution in [1.82, 2.24) is 9.88 Å². The molecule has 156 valence electrons. The second kappa shape index (κ2) is 10.0. The maximum Gasteiger partial charge on any atom is 0.255 e. The summed E-state index contributed by atoms with van der Waals surface area (Å²) in [5, 5.41) is 2.99. The van der Waals surface area contributed by atoms with E-state index in [-0.39, 0.29) is 5.91 Å². The van der Waals surface area contributed by atoms with Crippen LogP contribution in [0.2, 0.25) is 0 Å². The molecule has 2 aromatic carbocycles. The number of methoxy groups -OCH3 is 1. The molecule has 0 saturated carbocycles. The zero-order chi connectivity index (χ0) is 21.5. The van der Waals surface area contributed by atoms with Gasteiger partial charge in [0.25, 0.3) is 5.91 Å². The fraction of sp³-hybridized carbons (Fsp3) is 0.280. The first-order valence-electron chi connectivity index (χ1n) is 10.1. The van der Waals surface area contributed by atoms with Crippen LogP contribution >= 0.6 is 0 Å². The van der Waals surface area contributed by atoms with Gasteiger partial charge in [-0.05, 0) is 99.6 Å². The summed E-state index contributed by atoms with van der Waals surface area (Å²) in [6.45, 7) is 2.96. The molecule has 3 aromatic rings. The number of aryl methyl sites for hydroxylation is 2. The van der Waals surface area contributed by atoms with Crippen molar-refractivity contribution in [3.05, 3.63) is 77.6 Å². The zero-order valence-electron chi connectivity index (χ0n) is 18.1. The molecule has 30 heavy (non-hydrogen) atoms. The molecule has 0 unspecified atom stereocenters. The van der Waals surface area contributed by atoms with Crippen molar-refractivity contribution in [1.29, 1.82) is 0 Å². The maximum absolute atomic E-state index is 12.8. The van der Waals surface area contributed by atoms with Crippen LogP contribution in [0.3, 0.4) is 0 Å². The van der Waals surface area contributed by atoms with Crippen LogP contribution in [0.1, 0.15) is 28.0 Å². The van der Waals surface area contributed by atoms with E-state index in [0.717, 1.165) is 53.2 Å². The van der Waals surface area contributed by atoms with Gasteiger partial charge in [0, 0.05) is 23.1 Å². The van der Waals surface area contributed by atoms with Gasteiger partial charge in [0.15, 0.2) is 0 Å². The van der Waals surface area contributed by atoms with Gasteiger partial charge in [-0.1, -0.05) is 12.1 Å². The van der Waals surface area contributed by atoms with Gasteiger partial charge in [0.1, 0.15) is 5.75 Å². The molecule has 5 nitrogen and oxygen atoms in total. The Morgan fingerprint density at radius 2 is 1.80 bits per heavy atom. The SMILES string of the molecule is COc1ccc(C(=O)Nc2ccc(-c3ccnc(C)c3)cc2)cc1CCCN(C)C. The second-order valence-corrected chi connectivity index (χ2v) is 7.65. The Morgan fingerprint density at radius 3 is 2.47 bits per heavy atom. The predicted octanol–water partition coefficient (Wildman–Crippen LogP) is 4.81.